The van der Waals surface area contributed by atoms with Crippen LogP contribution in [-0.2, 0) is 20.7 Å². The van der Waals surface area contributed by atoms with E-state index in [-0.39, 0.29) is 11.9 Å². The number of unbranched alkanes of at least 4 members (excludes halogenated alkanes) is 4. The van der Waals surface area contributed by atoms with Crippen molar-refractivity contribution in [3.05, 3.63) is 29.6 Å². The van der Waals surface area contributed by atoms with E-state index in [0.717, 1.165) is 44.1 Å². The number of carbonyl (C=O) groups is 2. The van der Waals surface area contributed by atoms with Gasteiger partial charge in [0.2, 0.25) is 5.91 Å². The minimum absolute atomic E-state index is 0.117. The molecule has 0 aliphatic heterocycles. The topological polar surface area (TPSA) is 68.3 Å². The molecule has 0 aliphatic rings. The number of pyridine rings is 1. The number of hydrogen-bond donors (Lipinski definition) is 1. The molecule has 0 spiro atoms. The fraction of sp³-hybridized carbons (Fsp3) is 0.611. The molecule has 5 heteroatoms. The van der Waals surface area contributed by atoms with Gasteiger partial charge < -0.3 is 10.1 Å². The van der Waals surface area contributed by atoms with E-state index >= 15 is 0 Å². The van der Waals surface area contributed by atoms with Gasteiger partial charge in [0, 0.05) is 31.8 Å². The summed E-state index contributed by atoms with van der Waals surface area (Å²) in [4.78, 5) is 26.7. The molecule has 5 nitrogen and oxygen atoms in total. The van der Waals surface area contributed by atoms with Gasteiger partial charge in [0.05, 0.1) is 7.11 Å². The number of aryl methyl sites for hydroxylation is 1. The first-order valence-corrected chi connectivity index (χ1v) is 8.36. The summed E-state index contributed by atoms with van der Waals surface area (Å²) >= 11 is 0. The zero-order valence-electron chi connectivity index (χ0n) is 14.3. The van der Waals surface area contributed by atoms with Crippen molar-refractivity contribution in [2.75, 3.05) is 13.7 Å². The monoisotopic (exact) mass is 320 g/mol. The van der Waals surface area contributed by atoms with Gasteiger partial charge in [-0.15, -0.1) is 0 Å². The van der Waals surface area contributed by atoms with Crippen LogP contribution < -0.4 is 5.32 Å². The first-order valence-electron chi connectivity index (χ1n) is 8.36. The van der Waals surface area contributed by atoms with Crippen LogP contribution in [-0.4, -0.2) is 30.5 Å². The lowest BCUT2D eigenvalue weighted by molar-refractivity contribution is -0.140. The zero-order chi connectivity index (χ0) is 16.9. The maximum absolute atomic E-state index is 11.8. The average Bonchev–Trinajstić information content (AvgIpc) is 2.55. The smallest absolute Gasteiger partial charge is 0.305 e. The highest BCUT2D eigenvalue weighted by atomic mass is 16.5. The van der Waals surface area contributed by atoms with Crippen LogP contribution in [0.5, 0.6) is 0 Å². The van der Waals surface area contributed by atoms with Crippen molar-refractivity contribution in [3.8, 4) is 0 Å². The Morgan fingerprint density at radius 2 is 1.83 bits per heavy atom. The standard InChI is InChI=1S/C18H28N2O3/c1-15-14-19-12-10-16(15)11-13-20-17(21)8-6-4-3-5-7-9-18(22)23-2/h10,12,14H,3-9,11,13H2,1-2H3,(H,20,21). The molecule has 0 radical (unpaired) electrons. The summed E-state index contributed by atoms with van der Waals surface area (Å²) in [6.45, 7) is 2.70. The summed E-state index contributed by atoms with van der Waals surface area (Å²) in [5.74, 6) is -0.0277. The fourth-order valence-electron chi connectivity index (χ4n) is 2.39. The van der Waals surface area contributed by atoms with Crippen molar-refractivity contribution < 1.29 is 14.3 Å². The second kappa shape index (κ2) is 11.6. The number of methoxy groups -OCH3 is 1. The number of amides is 1. The molecule has 0 unspecified atom stereocenters. The minimum atomic E-state index is -0.145. The number of carbonyl (C=O) groups excluding carboxylic acids is 2. The molecule has 1 amide bonds. The Balaban J connectivity index is 1.98. The number of hydrogen-bond acceptors (Lipinski definition) is 4. The summed E-state index contributed by atoms with van der Waals surface area (Å²) in [7, 11) is 1.41. The van der Waals surface area contributed by atoms with Crippen molar-refractivity contribution in [1.29, 1.82) is 0 Å². The van der Waals surface area contributed by atoms with Gasteiger partial charge in [-0.1, -0.05) is 19.3 Å². The zero-order valence-corrected chi connectivity index (χ0v) is 14.3. The Bertz CT molecular complexity index is 489. The number of rotatable bonds is 11. The fourth-order valence-corrected chi connectivity index (χ4v) is 2.39. The SMILES string of the molecule is COC(=O)CCCCCCCC(=O)NCCc1ccncc1C. The van der Waals surface area contributed by atoms with E-state index in [1.807, 2.05) is 19.2 Å². The summed E-state index contributed by atoms with van der Waals surface area (Å²) in [5, 5.41) is 2.96. The predicted octanol–water partition coefficient (Wildman–Crippen LogP) is 2.95. The number of nitrogens with zero attached hydrogens (tertiary/aromatic N) is 1. The van der Waals surface area contributed by atoms with Crippen molar-refractivity contribution in [3.63, 3.8) is 0 Å². The van der Waals surface area contributed by atoms with Crippen LogP contribution in [0.1, 0.15) is 56.1 Å². The lowest BCUT2D eigenvalue weighted by Gasteiger charge is -2.07. The lowest BCUT2D eigenvalue weighted by atomic mass is 10.1. The van der Waals surface area contributed by atoms with Crippen LogP contribution in [0.15, 0.2) is 18.5 Å². The minimum Gasteiger partial charge on any atom is -0.469 e. The molecular formula is C18H28N2O3. The van der Waals surface area contributed by atoms with Gasteiger partial charge >= 0.3 is 5.97 Å². The molecule has 1 aromatic rings. The van der Waals surface area contributed by atoms with Crippen LogP contribution in [0.2, 0.25) is 0 Å². The predicted molar refractivity (Wildman–Crippen MR) is 90.0 cm³/mol. The lowest BCUT2D eigenvalue weighted by Crippen LogP contribution is -2.25. The van der Waals surface area contributed by atoms with Gasteiger partial charge in [-0.25, -0.2) is 0 Å². The summed E-state index contributed by atoms with van der Waals surface area (Å²) in [6.07, 6.45) is 10.4. The third-order valence-corrected chi connectivity index (χ3v) is 3.87. The van der Waals surface area contributed by atoms with Crippen molar-refractivity contribution in [2.24, 2.45) is 0 Å². The molecule has 128 valence electrons. The highest BCUT2D eigenvalue weighted by molar-refractivity contribution is 5.75. The first kappa shape index (κ1) is 19.1. The van der Waals surface area contributed by atoms with Gasteiger partial charge in [0.15, 0.2) is 0 Å². The summed E-state index contributed by atoms with van der Waals surface area (Å²) in [6, 6.07) is 2.00. The molecule has 0 atom stereocenters. The Hall–Kier alpha value is -1.91. The van der Waals surface area contributed by atoms with Crippen molar-refractivity contribution >= 4 is 11.9 Å². The maximum Gasteiger partial charge on any atom is 0.305 e. The van der Waals surface area contributed by atoms with Gasteiger partial charge in [0.25, 0.3) is 0 Å². The molecule has 0 aliphatic carbocycles. The Kier molecular flexibility index (Phi) is 9.68. The number of ether oxygens (including phenoxy) is 1. The van der Waals surface area contributed by atoms with Crippen LogP contribution in [0, 0.1) is 6.92 Å². The van der Waals surface area contributed by atoms with Gasteiger partial charge in [-0.05, 0) is 43.4 Å². The van der Waals surface area contributed by atoms with Crippen LogP contribution in [0.25, 0.3) is 0 Å². The third kappa shape index (κ3) is 8.96. The molecule has 0 bridgehead atoms. The van der Waals surface area contributed by atoms with Gasteiger partial charge in [0.1, 0.15) is 0 Å². The molecule has 0 saturated heterocycles. The highest BCUT2D eigenvalue weighted by Crippen LogP contribution is 2.08. The molecule has 0 saturated carbocycles. The molecule has 0 fully saturated rings. The van der Waals surface area contributed by atoms with E-state index in [1.165, 1.54) is 12.7 Å². The van der Waals surface area contributed by atoms with E-state index < -0.39 is 0 Å². The number of esters is 1. The van der Waals surface area contributed by atoms with Crippen LogP contribution in [0.3, 0.4) is 0 Å². The van der Waals surface area contributed by atoms with Crippen LogP contribution >= 0.6 is 0 Å². The molecule has 1 heterocycles. The van der Waals surface area contributed by atoms with Crippen molar-refractivity contribution in [1.82, 2.24) is 10.3 Å². The van der Waals surface area contributed by atoms with Gasteiger partial charge in [-0.3, -0.25) is 14.6 Å². The second-order valence-electron chi connectivity index (χ2n) is 5.75. The van der Waals surface area contributed by atoms with Gasteiger partial charge in [-0.2, -0.15) is 0 Å². The molecule has 1 aromatic heterocycles. The average molecular weight is 320 g/mol. The Labute approximate surface area is 138 Å². The summed E-state index contributed by atoms with van der Waals surface area (Å²) < 4.78 is 4.59. The molecule has 1 N–H and O–H groups in total. The molecule has 23 heavy (non-hydrogen) atoms. The van der Waals surface area contributed by atoms with E-state index in [0.29, 0.717) is 19.4 Å². The first-order chi connectivity index (χ1) is 11.1. The number of aromatic nitrogens is 1. The molecule has 0 aromatic carbocycles. The van der Waals surface area contributed by atoms with E-state index in [2.05, 4.69) is 15.0 Å². The second-order valence-corrected chi connectivity index (χ2v) is 5.75. The van der Waals surface area contributed by atoms with E-state index in [9.17, 15) is 9.59 Å². The Morgan fingerprint density at radius 3 is 2.52 bits per heavy atom. The largest absolute Gasteiger partial charge is 0.469 e. The third-order valence-electron chi connectivity index (χ3n) is 3.87. The molecular weight excluding hydrogens is 292 g/mol. The Morgan fingerprint density at radius 1 is 1.13 bits per heavy atom. The van der Waals surface area contributed by atoms with E-state index in [1.54, 1.807) is 6.20 Å². The maximum atomic E-state index is 11.8. The summed E-state index contributed by atoms with van der Waals surface area (Å²) in [5.41, 5.74) is 2.39. The van der Waals surface area contributed by atoms with E-state index in [4.69, 9.17) is 0 Å². The molecule has 1 rings (SSSR count). The normalized spacial score (nSPS) is 10.3. The quantitative estimate of drug-likeness (QED) is 0.503. The van der Waals surface area contributed by atoms with Crippen molar-refractivity contribution in [2.45, 2.75) is 58.3 Å². The highest BCUT2D eigenvalue weighted by Gasteiger charge is 2.03. The van der Waals surface area contributed by atoms with Crippen LogP contribution in [0.4, 0.5) is 0 Å². The number of nitrogens with one attached hydrogen (secondary N) is 1.